The lowest BCUT2D eigenvalue weighted by Gasteiger charge is -2.10. The van der Waals surface area contributed by atoms with Gasteiger partial charge in [0.05, 0.1) is 18.9 Å². The molecular weight excluding hydrogens is 392 g/mol. The van der Waals surface area contributed by atoms with Crippen molar-refractivity contribution in [3.05, 3.63) is 54.5 Å². The maximum Gasteiger partial charge on any atom is 0.230 e. The third-order valence-electron chi connectivity index (χ3n) is 3.99. The minimum atomic E-state index is -0.157. The standard InChI is InChI=1S/C18H18N8O2S/c1-2-28-14-8-4-3-7-13(14)26-18(22-23-24-26)29-12-17(27)19-11-16-21-20-15-9-5-6-10-25(15)16/h3-10H,2,11-12H2,1H3,(H,19,27). The first kappa shape index (κ1) is 18.9. The molecule has 4 rings (SSSR count). The van der Waals surface area contributed by atoms with Crippen molar-refractivity contribution in [1.29, 1.82) is 0 Å². The van der Waals surface area contributed by atoms with E-state index in [0.717, 1.165) is 11.3 Å². The molecule has 1 amide bonds. The Morgan fingerprint density at radius 3 is 2.90 bits per heavy atom. The molecule has 29 heavy (non-hydrogen) atoms. The topological polar surface area (TPSA) is 112 Å². The van der Waals surface area contributed by atoms with Crippen molar-refractivity contribution < 1.29 is 9.53 Å². The van der Waals surface area contributed by atoms with Gasteiger partial charge in [0.25, 0.3) is 0 Å². The van der Waals surface area contributed by atoms with Crippen LogP contribution in [0.2, 0.25) is 0 Å². The van der Waals surface area contributed by atoms with E-state index in [1.165, 1.54) is 11.8 Å². The number of benzene rings is 1. The van der Waals surface area contributed by atoms with Crippen molar-refractivity contribution in [1.82, 2.24) is 40.1 Å². The summed E-state index contributed by atoms with van der Waals surface area (Å²) in [5.74, 6) is 1.34. The molecule has 0 aliphatic carbocycles. The summed E-state index contributed by atoms with van der Waals surface area (Å²) in [5.41, 5.74) is 1.45. The van der Waals surface area contributed by atoms with Gasteiger partial charge >= 0.3 is 0 Å². The molecule has 0 fully saturated rings. The molecule has 0 unspecified atom stereocenters. The average Bonchev–Trinajstić information content (AvgIpc) is 3.38. The fourth-order valence-corrected chi connectivity index (χ4v) is 3.41. The smallest absolute Gasteiger partial charge is 0.230 e. The fraction of sp³-hybridized carbons (Fsp3) is 0.222. The molecule has 3 aromatic heterocycles. The number of para-hydroxylation sites is 2. The molecule has 0 spiro atoms. The van der Waals surface area contributed by atoms with Crippen LogP contribution in [-0.2, 0) is 11.3 Å². The quantitative estimate of drug-likeness (QED) is 0.435. The zero-order chi connectivity index (χ0) is 20.1. The lowest BCUT2D eigenvalue weighted by molar-refractivity contribution is -0.118. The van der Waals surface area contributed by atoms with Crippen molar-refractivity contribution in [2.75, 3.05) is 12.4 Å². The summed E-state index contributed by atoms with van der Waals surface area (Å²) in [5, 5.41) is 23.3. The summed E-state index contributed by atoms with van der Waals surface area (Å²) in [6, 6.07) is 13.1. The highest BCUT2D eigenvalue weighted by atomic mass is 32.2. The second-order valence-electron chi connectivity index (χ2n) is 5.88. The number of fused-ring (bicyclic) bond motifs is 1. The summed E-state index contributed by atoms with van der Waals surface area (Å²) in [6.07, 6.45) is 1.86. The first-order valence-corrected chi connectivity index (χ1v) is 9.93. The second-order valence-corrected chi connectivity index (χ2v) is 6.83. The Kier molecular flexibility index (Phi) is 5.66. The van der Waals surface area contributed by atoms with Crippen LogP contribution in [0.5, 0.6) is 5.75 Å². The number of carbonyl (C=O) groups excluding carboxylic acids is 1. The summed E-state index contributed by atoms with van der Waals surface area (Å²) in [4.78, 5) is 12.3. The van der Waals surface area contributed by atoms with Crippen molar-refractivity contribution in [2.45, 2.75) is 18.6 Å². The highest BCUT2D eigenvalue weighted by molar-refractivity contribution is 7.99. The van der Waals surface area contributed by atoms with Crippen molar-refractivity contribution in [2.24, 2.45) is 0 Å². The van der Waals surface area contributed by atoms with Gasteiger partial charge in [-0.1, -0.05) is 30.0 Å². The third-order valence-corrected chi connectivity index (χ3v) is 4.91. The number of rotatable bonds is 8. The first-order chi connectivity index (χ1) is 14.3. The molecule has 11 heteroatoms. The van der Waals surface area contributed by atoms with Crippen LogP contribution < -0.4 is 10.1 Å². The number of thioether (sulfide) groups is 1. The maximum absolute atomic E-state index is 12.3. The number of nitrogens with one attached hydrogen (secondary N) is 1. The number of hydrogen-bond donors (Lipinski definition) is 1. The van der Waals surface area contributed by atoms with Crippen LogP contribution in [0.15, 0.2) is 53.8 Å². The van der Waals surface area contributed by atoms with E-state index >= 15 is 0 Å². The normalized spacial score (nSPS) is 10.9. The molecular formula is C18H18N8O2S. The number of amides is 1. The molecule has 0 bridgehead atoms. The van der Waals surface area contributed by atoms with E-state index in [2.05, 4.69) is 31.0 Å². The van der Waals surface area contributed by atoms with E-state index in [1.54, 1.807) is 4.68 Å². The van der Waals surface area contributed by atoms with Gasteiger partial charge < -0.3 is 10.1 Å². The largest absolute Gasteiger partial charge is 0.492 e. The molecule has 1 N–H and O–H groups in total. The minimum absolute atomic E-state index is 0.157. The number of nitrogens with zero attached hydrogens (tertiary/aromatic N) is 7. The lowest BCUT2D eigenvalue weighted by atomic mass is 10.3. The van der Waals surface area contributed by atoms with E-state index in [1.807, 2.05) is 60.0 Å². The Balaban J connectivity index is 1.39. The monoisotopic (exact) mass is 410 g/mol. The molecule has 0 aliphatic rings. The number of ether oxygens (including phenoxy) is 1. The number of pyridine rings is 1. The maximum atomic E-state index is 12.3. The van der Waals surface area contributed by atoms with Crippen molar-refractivity contribution >= 4 is 23.3 Å². The van der Waals surface area contributed by atoms with E-state index in [-0.39, 0.29) is 18.2 Å². The Morgan fingerprint density at radius 2 is 2.00 bits per heavy atom. The minimum Gasteiger partial charge on any atom is -0.492 e. The molecule has 0 saturated heterocycles. The number of carbonyl (C=O) groups is 1. The van der Waals surface area contributed by atoms with Crippen LogP contribution in [0.25, 0.3) is 11.3 Å². The first-order valence-electron chi connectivity index (χ1n) is 8.95. The van der Waals surface area contributed by atoms with Gasteiger partial charge in [0.15, 0.2) is 11.5 Å². The van der Waals surface area contributed by atoms with Gasteiger partial charge in [0, 0.05) is 6.20 Å². The molecule has 0 atom stereocenters. The second kappa shape index (κ2) is 8.69. The third kappa shape index (κ3) is 4.19. The van der Waals surface area contributed by atoms with Crippen LogP contribution in [0, 0.1) is 0 Å². The van der Waals surface area contributed by atoms with E-state index in [4.69, 9.17) is 4.74 Å². The van der Waals surface area contributed by atoms with Gasteiger partial charge in [-0.05, 0) is 41.6 Å². The highest BCUT2D eigenvalue weighted by Crippen LogP contribution is 2.25. The number of aromatic nitrogens is 7. The summed E-state index contributed by atoms with van der Waals surface area (Å²) >= 11 is 1.24. The predicted octanol–water partition coefficient (Wildman–Crippen LogP) is 1.51. The van der Waals surface area contributed by atoms with Crippen LogP contribution in [-0.4, -0.2) is 53.1 Å². The van der Waals surface area contributed by atoms with Gasteiger partial charge in [-0.2, -0.15) is 4.68 Å². The Hall–Kier alpha value is -3.47. The molecule has 4 aromatic rings. The van der Waals surface area contributed by atoms with E-state index < -0.39 is 0 Å². The Morgan fingerprint density at radius 1 is 1.14 bits per heavy atom. The molecule has 148 valence electrons. The fourth-order valence-electron chi connectivity index (χ4n) is 2.70. The van der Waals surface area contributed by atoms with Gasteiger partial charge in [-0.25, -0.2) is 0 Å². The Bertz CT molecular complexity index is 1130. The zero-order valence-corrected chi connectivity index (χ0v) is 16.4. The SMILES string of the molecule is CCOc1ccccc1-n1nnnc1SCC(=O)NCc1nnc2ccccn12. The molecule has 3 heterocycles. The van der Waals surface area contributed by atoms with Gasteiger partial charge in [-0.3, -0.25) is 9.20 Å². The number of hydrogen-bond acceptors (Lipinski definition) is 8. The van der Waals surface area contributed by atoms with Gasteiger partial charge in [-0.15, -0.1) is 15.3 Å². The molecule has 0 radical (unpaired) electrons. The summed E-state index contributed by atoms with van der Waals surface area (Å²) < 4.78 is 9.03. The molecule has 0 saturated carbocycles. The highest BCUT2D eigenvalue weighted by Gasteiger charge is 2.15. The average molecular weight is 410 g/mol. The summed E-state index contributed by atoms with van der Waals surface area (Å²) in [7, 11) is 0. The van der Waals surface area contributed by atoms with Crippen molar-refractivity contribution in [3.63, 3.8) is 0 Å². The van der Waals surface area contributed by atoms with Gasteiger partial charge in [0.2, 0.25) is 11.1 Å². The molecule has 0 aliphatic heterocycles. The van der Waals surface area contributed by atoms with Gasteiger partial charge in [0.1, 0.15) is 11.4 Å². The van der Waals surface area contributed by atoms with Crippen LogP contribution in [0.3, 0.4) is 0 Å². The van der Waals surface area contributed by atoms with Crippen LogP contribution >= 0.6 is 11.8 Å². The van der Waals surface area contributed by atoms with Crippen molar-refractivity contribution in [3.8, 4) is 11.4 Å². The number of tetrazole rings is 1. The Labute approximate surface area is 170 Å². The van der Waals surface area contributed by atoms with E-state index in [0.29, 0.717) is 23.3 Å². The lowest BCUT2D eigenvalue weighted by Crippen LogP contribution is -2.25. The molecule has 1 aromatic carbocycles. The molecule has 10 nitrogen and oxygen atoms in total. The summed E-state index contributed by atoms with van der Waals surface area (Å²) in [6.45, 7) is 2.72. The van der Waals surface area contributed by atoms with E-state index in [9.17, 15) is 4.79 Å². The predicted molar refractivity (Wildman–Crippen MR) is 106 cm³/mol. The van der Waals surface area contributed by atoms with Crippen LogP contribution in [0.1, 0.15) is 12.7 Å². The van der Waals surface area contributed by atoms with Crippen LogP contribution in [0.4, 0.5) is 0 Å². The zero-order valence-electron chi connectivity index (χ0n) is 15.6.